The molecule has 2 rings (SSSR count). The molecule has 0 saturated carbocycles. The number of anilines is 1. The predicted octanol–water partition coefficient (Wildman–Crippen LogP) is 3.49. The van der Waals surface area contributed by atoms with E-state index in [9.17, 15) is 4.39 Å². The third kappa shape index (κ3) is 2.72. The Kier molecular flexibility index (Phi) is 3.31. The SMILES string of the molecule is CC1CSC(Nc2ccc(F)c(Br)c2)=N1. The van der Waals surface area contributed by atoms with Gasteiger partial charge in [0.2, 0.25) is 0 Å². The Morgan fingerprint density at radius 3 is 3.00 bits per heavy atom. The number of halogens is 2. The Balaban J connectivity index is 2.11. The zero-order valence-corrected chi connectivity index (χ0v) is 10.5. The van der Waals surface area contributed by atoms with Crippen LogP contribution in [0.5, 0.6) is 0 Å². The quantitative estimate of drug-likeness (QED) is 0.855. The van der Waals surface area contributed by atoms with E-state index in [1.165, 1.54) is 6.07 Å². The summed E-state index contributed by atoms with van der Waals surface area (Å²) >= 11 is 4.83. The van der Waals surface area contributed by atoms with Crippen LogP contribution in [0.25, 0.3) is 0 Å². The van der Waals surface area contributed by atoms with Gasteiger partial charge in [-0.3, -0.25) is 4.99 Å². The minimum Gasteiger partial charge on any atom is -0.335 e. The monoisotopic (exact) mass is 288 g/mol. The first-order chi connectivity index (χ1) is 7.15. The van der Waals surface area contributed by atoms with Crippen LogP contribution in [0.4, 0.5) is 10.1 Å². The highest BCUT2D eigenvalue weighted by atomic mass is 79.9. The number of benzene rings is 1. The number of thioether (sulfide) groups is 1. The van der Waals surface area contributed by atoms with Gasteiger partial charge in [-0.05, 0) is 41.1 Å². The minimum atomic E-state index is -0.255. The molecule has 0 spiro atoms. The maximum Gasteiger partial charge on any atom is 0.161 e. The van der Waals surface area contributed by atoms with Crippen LogP contribution in [0.3, 0.4) is 0 Å². The average Bonchev–Trinajstić information content (AvgIpc) is 2.58. The van der Waals surface area contributed by atoms with Crippen molar-refractivity contribution in [2.45, 2.75) is 13.0 Å². The Morgan fingerprint density at radius 1 is 1.60 bits per heavy atom. The van der Waals surface area contributed by atoms with Crippen LogP contribution in [0, 0.1) is 5.82 Å². The van der Waals surface area contributed by atoms with Crippen molar-refractivity contribution in [1.29, 1.82) is 0 Å². The molecule has 0 radical (unpaired) electrons. The molecule has 0 amide bonds. The first kappa shape index (κ1) is 11.0. The van der Waals surface area contributed by atoms with E-state index < -0.39 is 0 Å². The van der Waals surface area contributed by atoms with Gasteiger partial charge in [0, 0.05) is 11.4 Å². The summed E-state index contributed by atoms with van der Waals surface area (Å²) in [5.41, 5.74) is 0.851. The van der Waals surface area contributed by atoms with Gasteiger partial charge in [0.05, 0.1) is 10.5 Å². The summed E-state index contributed by atoms with van der Waals surface area (Å²) in [6.45, 7) is 2.07. The van der Waals surface area contributed by atoms with Crippen LogP contribution >= 0.6 is 27.7 Å². The van der Waals surface area contributed by atoms with E-state index in [0.29, 0.717) is 10.5 Å². The van der Waals surface area contributed by atoms with Crippen molar-refractivity contribution in [3.63, 3.8) is 0 Å². The normalized spacial score (nSPS) is 20.2. The molecule has 1 aromatic carbocycles. The van der Waals surface area contributed by atoms with E-state index in [1.54, 1.807) is 23.9 Å². The lowest BCUT2D eigenvalue weighted by Crippen LogP contribution is -2.05. The molecule has 0 aliphatic carbocycles. The summed E-state index contributed by atoms with van der Waals surface area (Å²) in [6.07, 6.45) is 0. The zero-order valence-electron chi connectivity index (χ0n) is 8.13. The fourth-order valence-electron chi connectivity index (χ4n) is 1.24. The number of hydrogen-bond acceptors (Lipinski definition) is 3. The van der Waals surface area contributed by atoms with E-state index in [2.05, 4.69) is 33.2 Å². The van der Waals surface area contributed by atoms with Gasteiger partial charge in [-0.1, -0.05) is 11.8 Å². The Morgan fingerprint density at radius 2 is 2.40 bits per heavy atom. The number of hydrogen-bond donors (Lipinski definition) is 1. The summed E-state index contributed by atoms with van der Waals surface area (Å²) in [6, 6.07) is 5.20. The second-order valence-corrected chi connectivity index (χ2v) is 5.21. The smallest absolute Gasteiger partial charge is 0.161 e. The molecular formula is C10H10BrFN2S. The van der Waals surface area contributed by atoms with Gasteiger partial charge in [0.15, 0.2) is 5.17 Å². The van der Waals surface area contributed by atoms with Gasteiger partial charge in [0.1, 0.15) is 5.82 Å². The van der Waals surface area contributed by atoms with Crippen molar-refractivity contribution >= 4 is 38.5 Å². The van der Waals surface area contributed by atoms with Crippen LogP contribution in [-0.2, 0) is 0 Å². The number of amidine groups is 1. The molecule has 0 aromatic heterocycles. The molecule has 0 bridgehead atoms. The van der Waals surface area contributed by atoms with Crippen LogP contribution in [0.15, 0.2) is 27.7 Å². The van der Waals surface area contributed by atoms with Gasteiger partial charge in [-0.25, -0.2) is 4.39 Å². The van der Waals surface area contributed by atoms with Gasteiger partial charge in [-0.15, -0.1) is 0 Å². The highest BCUT2D eigenvalue weighted by Crippen LogP contribution is 2.23. The maximum absolute atomic E-state index is 13.0. The van der Waals surface area contributed by atoms with Crippen molar-refractivity contribution in [2.75, 3.05) is 11.1 Å². The number of nitrogens with one attached hydrogen (secondary N) is 1. The number of aliphatic imine (C=N–C) groups is 1. The largest absolute Gasteiger partial charge is 0.335 e. The van der Waals surface area contributed by atoms with Gasteiger partial charge >= 0.3 is 0 Å². The second-order valence-electron chi connectivity index (χ2n) is 3.35. The second kappa shape index (κ2) is 4.53. The Labute approximate surface area is 100 Å². The first-order valence-corrected chi connectivity index (χ1v) is 6.35. The van der Waals surface area contributed by atoms with Crippen molar-refractivity contribution in [3.8, 4) is 0 Å². The lowest BCUT2D eigenvalue weighted by atomic mass is 10.3. The molecule has 0 fully saturated rings. The van der Waals surface area contributed by atoms with Gasteiger partial charge in [0.25, 0.3) is 0 Å². The summed E-state index contributed by atoms with van der Waals surface area (Å²) in [4.78, 5) is 4.40. The first-order valence-electron chi connectivity index (χ1n) is 4.58. The highest BCUT2D eigenvalue weighted by Gasteiger charge is 2.13. The summed E-state index contributed by atoms with van der Waals surface area (Å²) in [5, 5.41) is 4.06. The predicted molar refractivity (Wildman–Crippen MR) is 67.1 cm³/mol. The number of nitrogens with zero attached hydrogens (tertiary/aromatic N) is 1. The van der Waals surface area contributed by atoms with Crippen LogP contribution in [0.2, 0.25) is 0 Å². The van der Waals surface area contributed by atoms with Gasteiger partial charge in [-0.2, -0.15) is 0 Å². The maximum atomic E-state index is 13.0. The molecule has 0 saturated heterocycles. The summed E-state index contributed by atoms with van der Waals surface area (Å²) < 4.78 is 13.4. The molecule has 2 nitrogen and oxygen atoms in total. The minimum absolute atomic E-state index is 0.255. The fraction of sp³-hybridized carbons (Fsp3) is 0.300. The van der Waals surface area contributed by atoms with E-state index in [1.807, 2.05) is 0 Å². The van der Waals surface area contributed by atoms with Crippen LogP contribution in [-0.4, -0.2) is 17.0 Å². The lowest BCUT2D eigenvalue weighted by Gasteiger charge is -2.05. The molecule has 5 heteroatoms. The Hall–Kier alpha value is -0.550. The molecular weight excluding hydrogens is 279 g/mol. The standard InChI is InChI=1S/C10H10BrFN2S/c1-6-5-15-10(13-6)14-7-2-3-9(12)8(11)4-7/h2-4,6H,5H2,1H3,(H,13,14). The molecule has 1 heterocycles. The summed E-state index contributed by atoms with van der Waals surface area (Å²) in [7, 11) is 0. The molecule has 1 aliphatic heterocycles. The van der Waals surface area contributed by atoms with E-state index in [0.717, 1.165) is 16.6 Å². The third-order valence-electron chi connectivity index (χ3n) is 1.97. The molecule has 1 aliphatic rings. The van der Waals surface area contributed by atoms with Gasteiger partial charge < -0.3 is 5.32 Å². The third-order valence-corrected chi connectivity index (χ3v) is 3.71. The van der Waals surface area contributed by atoms with E-state index >= 15 is 0 Å². The topological polar surface area (TPSA) is 24.4 Å². The van der Waals surface area contributed by atoms with Crippen LogP contribution < -0.4 is 5.32 Å². The van der Waals surface area contributed by atoms with Crippen molar-refractivity contribution in [2.24, 2.45) is 4.99 Å². The van der Waals surface area contributed by atoms with Crippen molar-refractivity contribution in [1.82, 2.24) is 0 Å². The molecule has 1 unspecified atom stereocenters. The molecule has 15 heavy (non-hydrogen) atoms. The lowest BCUT2D eigenvalue weighted by molar-refractivity contribution is 0.621. The van der Waals surface area contributed by atoms with Crippen LogP contribution in [0.1, 0.15) is 6.92 Å². The van der Waals surface area contributed by atoms with E-state index in [-0.39, 0.29) is 5.82 Å². The number of rotatable bonds is 1. The Bertz CT molecular complexity index is 408. The highest BCUT2D eigenvalue weighted by molar-refractivity contribution is 9.10. The average molecular weight is 289 g/mol. The fourth-order valence-corrected chi connectivity index (χ4v) is 2.54. The molecule has 1 N–H and O–H groups in total. The zero-order chi connectivity index (χ0) is 10.8. The molecule has 1 aromatic rings. The van der Waals surface area contributed by atoms with Crippen molar-refractivity contribution < 1.29 is 4.39 Å². The molecule has 1 atom stereocenters. The summed E-state index contributed by atoms with van der Waals surface area (Å²) in [5.74, 6) is 0.750. The van der Waals surface area contributed by atoms with E-state index in [4.69, 9.17) is 0 Å². The van der Waals surface area contributed by atoms with Crippen molar-refractivity contribution in [3.05, 3.63) is 28.5 Å². The molecule has 80 valence electrons.